The van der Waals surface area contributed by atoms with Gasteiger partial charge in [0.1, 0.15) is 5.82 Å². The van der Waals surface area contributed by atoms with Crippen molar-refractivity contribution in [3.8, 4) is 0 Å². The molecule has 0 amide bonds. The average molecular weight is 250 g/mol. The van der Waals surface area contributed by atoms with Gasteiger partial charge in [0.05, 0.1) is 6.10 Å². The largest absolute Gasteiger partial charge is 0.388 e. The van der Waals surface area contributed by atoms with Gasteiger partial charge in [-0.2, -0.15) is 0 Å². The van der Waals surface area contributed by atoms with Crippen LogP contribution in [0.1, 0.15) is 62.2 Å². The number of aryl methyl sites for hydroxylation is 1. The molecule has 0 aliphatic heterocycles. The number of hydrogen-bond acceptors (Lipinski definition) is 1. The molecule has 1 aromatic carbocycles. The Morgan fingerprint density at radius 1 is 1.17 bits per heavy atom. The van der Waals surface area contributed by atoms with Gasteiger partial charge in [-0.05, 0) is 42.5 Å². The highest BCUT2D eigenvalue weighted by Gasteiger charge is 2.18. The molecule has 18 heavy (non-hydrogen) atoms. The van der Waals surface area contributed by atoms with E-state index < -0.39 is 6.10 Å². The highest BCUT2D eigenvalue weighted by Crippen LogP contribution is 2.31. The molecule has 0 radical (unpaired) electrons. The molecule has 1 aliphatic rings. The van der Waals surface area contributed by atoms with E-state index in [1.807, 2.05) is 13.0 Å². The monoisotopic (exact) mass is 250 g/mol. The quantitative estimate of drug-likeness (QED) is 0.781. The minimum absolute atomic E-state index is 0.245. The van der Waals surface area contributed by atoms with Crippen LogP contribution in [0, 0.1) is 18.7 Å². The summed E-state index contributed by atoms with van der Waals surface area (Å²) < 4.78 is 13.3. The fourth-order valence-electron chi connectivity index (χ4n) is 3.01. The molecule has 0 aromatic heterocycles. The summed E-state index contributed by atoms with van der Waals surface area (Å²) in [5, 5.41) is 10.2. The molecule has 0 spiro atoms. The fourth-order valence-corrected chi connectivity index (χ4v) is 3.01. The fraction of sp³-hybridized carbons (Fsp3) is 0.625. The predicted octanol–water partition coefficient (Wildman–Crippen LogP) is 4.53. The molecule has 0 heterocycles. The van der Waals surface area contributed by atoms with Gasteiger partial charge in [-0.25, -0.2) is 4.39 Å². The van der Waals surface area contributed by atoms with Gasteiger partial charge in [0.25, 0.3) is 0 Å². The minimum Gasteiger partial charge on any atom is -0.388 e. The van der Waals surface area contributed by atoms with Crippen LogP contribution in [-0.2, 0) is 0 Å². The van der Waals surface area contributed by atoms with Crippen molar-refractivity contribution in [3.05, 3.63) is 35.1 Å². The van der Waals surface area contributed by atoms with Gasteiger partial charge in [-0.3, -0.25) is 0 Å². The van der Waals surface area contributed by atoms with Gasteiger partial charge in [-0.1, -0.05) is 44.6 Å². The highest BCUT2D eigenvalue weighted by atomic mass is 19.1. The molecule has 0 saturated heterocycles. The lowest BCUT2D eigenvalue weighted by Gasteiger charge is -2.19. The lowest BCUT2D eigenvalue weighted by molar-refractivity contribution is 0.138. The van der Waals surface area contributed by atoms with Crippen molar-refractivity contribution in [2.45, 2.75) is 58.0 Å². The molecule has 0 bridgehead atoms. The van der Waals surface area contributed by atoms with Gasteiger partial charge in [0.15, 0.2) is 0 Å². The first-order valence-corrected chi connectivity index (χ1v) is 7.10. The first-order chi connectivity index (χ1) is 8.65. The highest BCUT2D eigenvalue weighted by molar-refractivity contribution is 5.25. The van der Waals surface area contributed by atoms with Crippen molar-refractivity contribution in [2.24, 2.45) is 5.92 Å². The maximum Gasteiger partial charge on any atom is 0.123 e. The summed E-state index contributed by atoms with van der Waals surface area (Å²) in [6, 6.07) is 4.86. The first kappa shape index (κ1) is 13.5. The maximum absolute atomic E-state index is 13.3. The second-order valence-corrected chi connectivity index (χ2v) is 5.67. The van der Waals surface area contributed by atoms with E-state index >= 15 is 0 Å². The van der Waals surface area contributed by atoms with Crippen LogP contribution < -0.4 is 0 Å². The molecule has 1 unspecified atom stereocenters. The Bertz CT molecular complexity index is 360. The van der Waals surface area contributed by atoms with E-state index in [1.54, 1.807) is 0 Å². The molecule has 100 valence electrons. The standard InChI is InChI=1S/C16H23FO/c1-12-8-14(11-15(17)9-12)16(18)10-13-6-4-2-3-5-7-13/h8-9,11,13,16,18H,2-7,10H2,1H3. The minimum atomic E-state index is -0.512. The Morgan fingerprint density at radius 3 is 2.44 bits per heavy atom. The van der Waals surface area contributed by atoms with E-state index in [2.05, 4.69) is 0 Å². The SMILES string of the molecule is Cc1cc(F)cc(C(O)CC2CCCCCC2)c1. The summed E-state index contributed by atoms with van der Waals surface area (Å²) in [5.41, 5.74) is 1.61. The van der Waals surface area contributed by atoms with E-state index in [4.69, 9.17) is 0 Å². The number of rotatable bonds is 3. The third-order valence-corrected chi connectivity index (χ3v) is 3.98. The summed E-state index contributed by atoms with van der Waals surface area (Å²) in [5.74, 6) is 0.357. The smallest absolute Gasteiger partial charge is 0.123 e. The van der Waals surface area contributed by atoms with Gasteiger partial charge in [0.2, 0.25) is 0 Å². The Kier molecular flexibility index (Phi) is 4.76. The van der Waals surface area contributed by atoms with Crippen molar-refractivity contribution in [1.29, 1.82) is 0 Å². The van der Waals surface area contributed by atoms with E-state index in [0.29, 0.717) is 5.92 Å². The summed E-state index contributed by atoms with van der Waals surface area (Å²) in [7, 11) is 0. The second kappa shape index (κ2) is 6.33. The molecule has 1 saturated carbocycles. The molecule has 1 aliphatic carbocycles. The lowest BCUT2D eigenvalue weighted by Crippen LogP contribution is -2.07. The molecular formula is C16H23FO. The van der Waals surface area contributed by atoms with Crippen molar-refractivity contribution in [3.63, 3.8) is 0 Å². The zero-order chi connectivity index (χ0) is 13.0. The molecule has 2 heteroatoms. The van der Waals surface area contributed by atoms with Crippen LogP contribution in [0.2, 0.25) is 0 Å². The van der Waals surface area contributed by atoms with Crippen LogP contribution >= 0.6 is 0 Å². The number of benzene rings is 1. The van der Waals surface area contributed by atoms with Crippen molar-refractivity contribution < 1.29 is 9.50 Å². The predicted molar refractivity (Wildman–Crippen MR) is 71.9 cm³/mol. The summed E-state index contributed by atoms with van der Waals surface area (Å²) >= 11 is 0. The van der Waals surface area contributed by atoms with E-state index in [-0.39, 0.29) is 5.82 Å². The lowest BCUT2D eigenvalue weighted by atomic mass is 9.90. The zero-order valence-corrected chi connectivity index (χ0v) is 11.2. The third kappa shape index (κ3) is 3.81. The second-order valence-electron chi connectivity index (χ2n) is 5.67. The molecule has 1 atom stereocenters. The van der Waals surface area contributed by atoms with Crippen LogP contribution in [0.3, 0.4) is 0 Å². The van der Waals surface area contributed by atoms with Crippen molar-refractivity contribution >= 4 is 0 Å². The van der Waals surface area contributed by atoms with E-state index in [0.717, 1.165) is 17.5 Å². The molecule has 2 rings (SSSR count). The van der Waals surface area contributed by atoms with Crippen LogP contribution in [0.5, 0.6) is 0 Å². The van der Waals surface area contributed by atoms with Crippen molar-refractivity contribution in [1.82, 2.24) is 0 Å². The number of aliphatic hydroxyl groups is 1. The third-order valence-electron chi connectivity index (χ3n) is 3.98. The van der Waals surface area contributed by atoms with Gasteiger partial charge < -0.3 is 5.11 Å². The molecular weight excluding hydrogens is 227 g/mol. The van der Waals surface area contributed by atoms with Gasteiger partial charge in [0, 0.05) is 0 Å². The van der Waals surface area contributed by atoms with E-state index in [1.165, 1.54) is 50.7 Å². The Balaban J connectivity index is 1.99. The summed E-state index contributed by atoms with van der Waals surface area (Å²) in [6.07, 6.45) is 7.90. The summed E-state index contributed by atoms with van der Waals surface area (Å²) in [6.45, 7) is 1.87. The Labute approximate surface area is 109 Å². The first-order valence-electron chi connectivity index (χ1n) is 7.10. The van der Waals surface area contributed by atoms with Gasteiger partial charge in [-0.15, -0.1) is 0 Å². The number of aliphatic hydroxyl groups excluding tert-OH is 1. The molecule has 1 nitrogen and oxygen atoms in total. The molecule has 1 fully saturated rings. The number of halogens is 1. The normalized spacial score (nSPS) is 19.5. The average Bonchev–Trinajstić information content (AvgIpc) is 2.56. The Morgan fingerprint density at radius 2 is 1.83 bits per heavy atom. The van der Waals surface area contributed by atoms with Crippen LogP contribution in [0.25, 0.3) is 0 Å². The topological polar surface area (TPSA) is 20.2 Å². The summed E-state index contributed by atoms with van der Waals surface area (Å²) in [4.78, 5) is 0. The van der Waals surface area contributed by atoms with Crippen LogP contribution in [0.15, 0.2) is 18.2 Å². The zero-order valence-electron chi connectivity index (χ0n) is 11.2. The van der Waals surface area contributed by atoms with Gasteiger partial charge >= 0.3 is 0 Å². The molecule has 1 aromatic rings. The maximum atomic E-state index is 13.3. The Hall–Kier alpha value is -0.890. The van der Waals surface area contributed by atoms with Crippen LogP contribution in [0.4, 0.5) is 4.39 Å². The van der Waals surface area contributed by atoms with Crippen molar-refractivity contribution in [2.75, 3.05) is 0 Å². The van der Waals surface area contributed by atoms with E-state index in [9.17, 15) is 9.50 Å². The van der Waals surface area contributed by atoms with Crippen LogP contribution in [-0.4, -0.2) is 5.11 Å². The molecule has 1 N–H and O–H groups in total. The number of hydrogen-bond donors (Lipinski definition) is 1.